The first kappa shape index (κ1) is 19.1. The van der Waals surface area contributed by atoms with Gasteiger partial charge in [0, 0.05) is 30.7 Å². The first-order valence-electron chi connectivity index (χ1n) is 8.72. The fourth-order valence-corrected chi connectivity index (χ4v) is 3.39. The van der Waals surface area contributed by atoms with Crippen molar-refractivity contribution in [1.29, 1.82) is 0 Å². The van der Waals surface area contributed by atoms with Gasteiger partial charge in [0.05, 0.1) is 23.7 Å². The molecule has 5 nitrogen and oxygen atoms in total. The van der Waals surface area contributed by atoms with Gasteiger partial charge in [0.25, 0.3) is 0 Å². The van der Waals surface area contributed by atoms with E-state index in [1.165, 1.54) is 5.56 Å². The van der Waals surface area contributed by atoms with Crippen LogP contribution in [0.2, 0.25) is 0 Å². The molecule has 2 aromatic carbocycles. The molecule has 0 saturated carbocycles. The number of amides is 1. The Kier molecular flexibility index (Phi) is 6.96. The molecule has 0 bridgehead atoms. The lowest BCUT2D eigenvalue weighted by Gasteiger charge is -2.08. The summed E-state index contributed by atoms with van der Waals surface area (Å²) in [7, 11) is 1.63. The lowest BCUT2D eigenvalue weighted by molar-refractivity contribution is -0.115. The van der Waals surface area contributed by atoms with Crippen LogP contribution in [-0.2, 0) is 22.4 Å². The SMILES string of the molecule is COCCOc1cccc(NC(=O)Cc2csc(Cc3ccccc3)n2)c1. The Bertz CT molecular complexity index is 865. The summed E-state index contributed by atoms with van der Waals surface area (Å²) in [5.74, 6) is 0.601. The summed E-state index contributed by atoms with van der Waals surface area (Å²) < 4.78 is 10.5. The number of carbonyl (C=O) groups is 1. The highest BCUT2D eigenvalue weighted by atomic mass is 32.1. The number of ether oxygens (including phenoxy) is 2. The summed E-state index contributed by atoms with van der Waals surface area (Å²) in [5, 5.41) is 5.85. The molecule has 27 heavy (non-hydrogen) atoms. The highest BCUT2D eigenvalue weighted by Gasteiger charge is 2.09. The van der Waals surface area contributed by atoms with Crippen LogP contribution in [0.5, 0.6) is 5.75 Å². The van der Waals surface area contributed by atoms with Crippen LogP contribution >= 0.6 is 11.3 Å². The summed E-state index contributed by atoms with van der Waals surface area (Å²) in [4.78, 5) is 16.9. The Labute approximate surface area is 163 Å². The number of methoxy groups -OCH3 is 1. The van der Waals surface area contributed by atoms with Crippen LogP contribution in [0.4, 0.5) is 5.69 Å². The van der Waals surface area contributed by atoms with E-state index in [4.69, 9.17) is 9.47 Å². The third-order valence-electron chi connectivity index (χ3n) is 3.81. The number of aromatic nitrogens is 1. The highest BCUT2D eigenvalue weighted by molar-refractivity contribution is 7.09. The van der Waals surface area contributed by atoms with E-state index in [0.29, 0.717) is 24.7 Å². The van der Waals surface area contributed by atoms with Crippen molar-refractivity contribution >= 4 is 22.9 Å². The van der Waals surface area contributed by atoms with Crippen molar-refractivity contribution in [3.8, 4) is 5.75 Å². The van der Waals surface area contributed by atoms with Gasteiger partial charge in [-0.2, -0.15) is 0 Å². The molecule has 0 unspecified atom stereocenters. The van der Waals surface area contributed by atoms with E-state index >= 15 is 0 Å². The zero-order valence-electron chi connectivity index (χ0n) is 15.2. The maximum Gasteiger partial charge on any atom is 0.230 e. The van der Waals surface area contributed by atoms with E-state index in [1.807, 2.05) is 41.8 Å². The van der Waals surface area contributed by atoms with E-state index in [2.05, 4.69) is 22.4 Å². The number of thiazole rings is 1. The van der Waals surface area contributed by atoms with Crippen molar-refractivity contribution in [2.24, 2.45) is 0 Å². The van der Waals surface area contributed by atoms with Gasteiger partial charge in [0.1, 0.15) is 12.4 Å². The zero-order chi connectivity index (χ0) is 18.9. The molecule has 140 valence electrons. The molecule has 1 N–H and O–H groups in total. The van der Waals surface area contributed by atoms with Gasteiger partial charge in [0.2, 0.25) is 5.91 Å². The van der Waals surface area contributed by atoms with Crippen LogP contribution in [0.25, 0.3) is 0 Å². The van der Waals surface area contributed by atoms with Crippen LogP contribution in [0.1, 0.15) is 16.3 Å². The first-order chi connectivity index (χ1) is 13.2. The second kappa shape index (κ2) is 9.85. The molecule has 0 fully saturated rings. The molecule has 0 radical (unpaired) electrons. The van der Waals surface area contributed by atoms with Crippen molar-refractivity contribution < 1.29 is 14.3 Å². The predicted molar refractivity (Wildman–Crippen MR) is 108 cm³/mol. The number of carbonyl (C=O) groups excluding carboxylic acids is 1. The second-order valence-corrected chi connectivity index (χ2v) is 6.93. The van der Waals surface area contributed by atoms with Gasteiger partial charge in [-0.05, 0) is 17.7 Å². The minimum atomic E-state index is -0.0967. The number of nitrogens with one attached hydrogen (secondary N) is 1. The fourth-order valence-electron chi connectivity index (χ4n) is 2.56. The van der Waals surface area contributed by atoms with Crippen LogP contribution in [0, 0.1) is 0 Å². The Morgan fingerprint density at radius 2 is 1.96 bits per heavy atom. The van der Waals surface area contributed by atoms with E-state index in [9.17, 15) is 4.79 Å². The minimum Gasteiger partial charge on any atom is -0.491 e. The maximum atomic E-state index is 12.3. The lowest BCUT2D eigenvalue weighted by atomic mass is 10.2. The molecule has 1 aromatic heterocycles. The standard InChI is InChI=1S/C21H22N2O3S/c1-25-10-11-26-19-9-5-8-17(13-19)22-20(24)14-18-15-27-21(23-18)12-16-6-3-2-4-7-16/h2-9,13,15H,10-12,14H2,1H3,(H,22,24). The van der Waals surface area contributed by atoms with Gasteiger partial charge in [0.15, 0.2) is 0 Å². The Morgan fingerprint density at radius 3 is 2.78 bits per heavy atom. The van der Waals surface area contributed by atoms with E-state index in [-0.39, 0.29) is 12.3 Å². The van der Waals surface area contributed by atoms with Gasteiger partial charge < -0.3 is 14.8 Å². The predicted octanol–water partition coefficient (Wildman–Crippen LogP) is 3.94. The topological polar surface area (TPSA) is 60.5 Å². The molecule has 0 aliphatic rings. The molecule has 0 spiro atoms. The Morgan fingerprint density at radius 1 is 1.11 bits per heavy atom. The number of rotatable bonds is 9. The molecular weight excluding hydrogens is 360 g/mol. The lowest BCUT2D eigenvalue weighted by Crippen LogP contribution is -2.14. The van der Waals surface area contributed by atoms with E-state index < -0.39 is 0 Å². The van der Waals surface area contributed by atoms with Crippen molar-refractivity contribution in [1.82, 2.24) is 4.98 Å². The molecule has 3 rings (SSSR count). The van der Waals surface area contributed by atoms with Crippen molar-refractivity contribution in [2.45, 2.75) is 12.8 Å². The van der Waals surface area contributed by atoms with E-state index in [0.717, 1.165) is 17.1 Å². The quantitative estimate of drug-likeness (QED) is 0.570. The van der Waals surface area contributed by atoms with Crippen LogP contribution < -0.4 is 10.1 Å². The molecule has 3 aromatic rings. The molecule has 0 aliphatic heterocycles. The monoisotopic (exact) mass is 382 g/mol. The number of anilines is 1. The minimum absolute atomic E-state index is 0.0967. The molecular formula is C21H22N2O3S. The number of nitrogens with zero attached hydrogens (tertiary/aromatic N) is 1. The average Bonchev–Trinajstić information content (AvgIpc) is 3.09. The van der Waals surface area contributed by atoms with E-state index in [1.54, 1.807) is 24.5 Å². The van der Waals surface area contributed by atoms with Crippen molar-refractivity contribution in [3.63, 3.8) is 0 Å². The summed E-state index contributed by atoms with van der Waals surface area (Å²) in [6, 6.07) is 17.5. The number of hydrogen-bond donors (Lipinski definition) is 1. The highest BCUT2D eigenvalue weighted by Crippen LogP contribution is 2.19. The normalized spacial score (nSPS) is 10.6. The van der Waals surface area contributed by atoms with Crippen LogP contribution in [0.15, 0.2) is 60.0 Å². The first-order valence-corrected chi connectivity index (χ1v) is 9.60. The number of hydrogen-bond acceptors (Lipinski definition) is 5. The van der Waals surface area contributed by atoms with Crippen molar-refractivity contribution in [3.05, 3.63) is 76.2 Å². The molecule has 6 heteroatoms. The largest absolute Gasteiger partial charge is 0.491 e. The van der Waals surface area contributed by atoms with Crippen LogP contribution in [-0.4, -0.2) is 31.2 Å². The summed E-state index contributed by atoms with van der Waals surface area (Å²) in [6.45, 7) is 0.989. The maximum absolute atomic E-state index is 12.3. The average molecular weight is 382 g/mol. The molecule has 0 saturated heterocycles. The third kappa shape index (κ3) is 6.20. The summed E-state index contributed by atoms with van der Waals surface area (Å²) in [5.41, 5.74) is 2.71. The summed E-state index contributed by atoms with van der Waals surface area (Å²) >= 11 is 1.58. The van der Waals surface area contributed by atoms with Gasteiger partial charge in [-0.1, -0.05) is 36.4 Å². The van der Waals surface area contributed by atoms with Crippen LogP contribution in [0.3, 0.4) is 0 Å². The van der Waals surface area contributed by atoms with Gasteiger partial charge in [-0.25, -0.2) is 4.98 Å². The fraction of sp³-hybridized carbons (Fsp3) is 0.238. The number of benzene rings is 2. The van der Waals surface area contributed by atoms with Gasteiger partial charge >= 0.3 is 0 Å². The third-order valence-corrected chi connectivity index (χ3v) is 4.71. The molecule has 1 heterocycles. The Balaban J connectivity index is 1.53. The smallest absolute Gasteiger partial charge is 0.230 e. The van der Waals surface area contributed by atoms with Crippen molar-refractivity contribution in [2.75, 3.05) is 25.6 Å². The second-order valence-electron chi connectivity index (χ2n) is 5.99. The molecule has 0 atom stereocenters. The van der Waals surface area contributed by atoms with Gasteiger partial charge in [-0.3, -0.25) is 4.79 Å². The van der Waals surface area contributed by atoms with Gasteiger partial charge in [-0.15, -0.1) is 11.3 Å². The Hall–Kier alpha value is -2.70. The summed E-state index contributed by atoms with van der Waals surface area (Å²) in [6.07, 6.45) is 1.04. The zero-order valence-corrected chi connectivity index (χ0v) is 16.0. The molecule has 1 amide bonds. The molecule has 0 aliphatic carbocycles.